The Bertz CT molecular complexity index is 417. The number of benzene rings is 1. The van der Waals surface area contributed by atoms with Gasteiger partial charge in [0.25, 0.3) is 0 Å². The molecule has 0 spiro atoms. The van der Waals surface area contributed by atoms with E-state index in [9.17, 15) is 5.11 Å². The first-order chi connectivity index (χ1) is 9.00. The highest BCUT2D eigenvalue weighted by atomic mass is 16.5. The van der Waals surface area contributed by atoms with Crippen LogP contribution in [0.2, 0.25) is 0 Å². The number of hydrogen-bond donors (Lipinski definition) is 2. The highest BCUT2D eigenvalue weighted by Gasteiger charge is 2.30. The maximum Gasteiger partial charge on any atom is 0.119 e. The van der Waals surface area contributed by atoms with Crippen LogP contribution >= 0.6 is 0 Å². The maximum atomic E-state index is 10.2. The third-order valence-electron chi connectivity index (χ3n) is 4.05. The second-order valence-corrected chi connectivity index (χ2v) is 6.30. The molecule has 0 aliphatic heterocycles. The lowest BCUT2D eigenvalue weighted by Crippen LogP contribution is -2.31. The highest BCUT2D eigenvalue weighted by molar-refractivity contribution is 5.29. The van der Waals surface area contributed by atoms with Crippen molar-refractivity contribution in [3.63, 3.8) is 0 Å². The standard InChI is InChI=1S/C16H25NO2/c1-16(2)8-7-13(10-16)17-11-15(18)12-5-4-6-14(9-12)19-3/h4-6,9,13,15,17-18H,7-8,10-11H2,1-3H3. The number of aliphatic hydroxyl groups excluding tert-OH is 1. The summed E-state index contributed by atoms with van der Waals surface area (Å²) in [7, 11) is 1.64. The lowest BCUT2D eigenvalue weighted by Gasteiger charge is -2.19. The van der Waals surface area contributed by atoms with E-state index in [0.717, 1.165) is 11.3 Å². The molecule has 1 aliphatic rings. The molecule has 19 heavy (non-hydrogen) atoms. The zero-order chi connectivity index (χ0) is 13.9. The smallest absolute Gasteiger partial charge is 0.119 e. The van der Waals surface area contributed by atoms with E-state index >= 15 is 0 Å². The lowest BCUT2D eigenvalue weighted by atomic mass is 9.92. The van der Waals surface area contributed by atoms with Gasteiger partial charge in [-0.15, -0.1) is 0 Å². The van der Waals surface area contributed by atoms with Crippen molar-refractivity contribution in [1.29, 1.82) is 0 Å². The van der Waals surface area contributed by atoms with Crippen LogP contribution < -0.4 is 10.1 Å². The number of rotatable bonds is 5. The number of ether oxygens (including phenoxy) is 1. The van der Waals surface area contributed by atoms with Gasteiger partial charge in [0.05, 0.1) is 13.2 Å². The largest absolute Gasteiger partial charge is 0.497 e. The molecule has 1 aliphatic carbocycles. The van der Waals surface area contributed by atoms with E-state index in [1.54, 1.807) is 7.11 Å². The first kappa shape index (κ1) is 14.4. The van der Waals surface area contributed by atoms with Crippen molar-refractivity contribution in [2.45, 2.75) is 45.3 Å². The predicted octanol–water partition coefficient (Wildman–Crippen LogP) is 2.90. The van der Waals surface area contributed by atoms with Gasteiger partial charge >= 0.3 is 0 Å². The van der Waals surface area contributed by atoms with Crippen molar-refractivity contribution in [2.24, 2.45) is 5.41 Å². The fourth-order valence-corrected chi connectivity index (χ4v) is 2.86. The molecule has 3 nitrogen and oxygen atoms in total. The minimum atomic E-state index is -0.473. The van der Waals surface area contributed by atoms with E-state index < -0.39 is 6.10 Å². The molecule has 0 heterocycles. The van der Waals surface area contributed by atoms with Crippen molar-refractivity contribution < 1.29 is 9.84 Å². The summed E-state index contributed by atoms with van der Waals surface area (Å²) >= 11 is 0. The Balaban J connectivity index is 1.85. The average Bonchev–Trinajstić information content (AvgIpc) is 2.75. The minimum Gasteiger partial charge on any atom is -0.497 e. The molecule has 0 bridgehead atoms. The van der Waals surface area contributed by atoms with Gasteiger partial charge in [0.15, 0.2) is 0 Å². The molecule has 106 valence electrons. The van der Waals surface area contributed by atoms with Crippen LogP contribution in [0.15, 0.2) is 24.3 Å². The van der Waals surface area contributed by atoms with Crippen LogP contribution in [0, 0.1) is 5.41 Å². The van der Waals surface area contributed by atoms with E-state index in [1.807, 2.05) is 24.3 Å². The molecular formula is C16H25NO2. The molecule has 0 aromatic heterocycles. The summed E-state index contributed by atoms with van der Waals surface area (Å²) in [5.41, 5.74) is 1.35. The molecule has 3 heteroatoms. The van der Waals surface area contributed by atoms with Gasteiger partial charge in [-0.2, -0.15) is 0 Å². The summed E-state index contributed by atoms with van der Waals surface area (Å²) in [6.07, 6.45) is 3.19. The fourth-order valence-electron chi connectivity index (χ4n) is 2.86. The molecule has 1 fully saturated rings. The second kappa shape index (κ2) is 5.93. The molecule has 0 amide bonds. The summed E-state index contributed by atoms with van der Waals surface area (Å²) in [5.74, 6) is 0.790. The topological polar surface area (TPSA) is 41.5 Å². The van der Waals surface area contributed by atoms with Gasteiger partial charge < -0.3 is 15.2 Å². The monoisotopic (exact) mass is 263 g/mol. The number of methoxy groups -OCH3 is 1. The predicted molar refractivity (Wildman–Crippen MR) is 77.4 cm³/mol. The molecule has 2 atom stereocenters. The van der Waals surface area contributed by atoms with Gasteiger partial charge in [0.1, 0.15) is 5.75 Å². The number of aliphatic hydroxyl groups is 1. The van der Waals surface area contributed by atoms with Crippen molar-refractivity contribution in [2.75, 3.05) is 13.7 Å². The van der Waals surface area contributed by atoms with Crippen LogP contribution in [0.3, 0.4) is 0 Å². The van der Waals surface area contributed by atoms with Gasteiger partial charge in [-0.3, -0.25) is 0 Å². The summed E-state index contributed by atoms with van der Waals surface area (Å²) < 4.78 is 5.18. The molecule has 2 unspecified atom stereocenters. The Kier molecular flexibility index (Phi) is 4.48. The van der Waals surface area contributed by atoms with Crippen molar-refractivity contribution in [1.82, 2.24) is 5.32 Å². The van der Waals surface area contributed by atoms with Gasteiger partial charge in [0, 0.05) is 12.6 Å². The maximum absolute atomic E-state index is 10.2. The Hall–Kier alpha value is -1.06. The van der Waals surface area contributed by atoms with Crippen LogP contribution in [0.4, 0.5) is 0 Å². The molecule has 1 aromatic rings. The van der Waals surface area contributed by atoms with Crippen LogP contribution in [0.1, 0.15) is 44.8 Å². The Morgan fingerprint density at radius 3 is 2.89 bits per heavy atom. The zero-order valence-corrected chi connectivity index (χ0v) is 12.1. The molecule has 1 saturated carbocycles. The first-order valence-corrected chi connectivity index (χ1v) is 7.05. The normalized spacial score (nSPS) is 23.3. The van der Waals surface area contributed by atoms with Gasteiger partial charge in [-0.25, -0.2) is 0 Å². The summed E-state index contributed by atoms with van der Waals surface area (Å²) in [5, 5.41) is 13.7. The Labute approximate surface area is 116 Å². The van der Waals surface area contributed by atoms with Crippen LogP contribution in [0.25, 0.3) is 0 Å². The molecule has 0 saturated heterocycles. The molecular weight excluding hydrogens is 238 g/mol. The van der Waals surface area contributed by atoms with Crippen molar-refractivity contribution in [3.8, 4) is 5.75 Å². The third kappa shape index (κ3) is 3.95. The fraction of sp³-hybridized carbons (Fsp3) is 0.625. The quantitative estimate of drug-likeness (QED) is 0.858. The van der Waals surface area contributed by atoms with E-state index in [2.05, 4.69) is 19.2 Å². The summed E-state index contributed by atoms with van der Waals surface area (Å²) in [6, 6.07) is 8.17. The van der Waals surface area contributed by atoms with Crippen LogP contribution in [-0.2, 0) is 0 Å². The van der Waals surface area contributed by atoms with Gasteiger partial charge in [-0.1, -0.05) is 26.0 Å². The van der Waals surface area contributed by atoms with E-state index in [0.29, 0.717) is 18.0 Å². The molecule has 2 rings (SSSR count). The SMILES string of the molecule is COc1cccc(C(O)CNC2CCC(C)(C)C2)c1. The first-order valence-electron chi connectivity index (χ1n) is 7.05. The Morgan fingerprint density at radius 2 is 2.26 bits per heavy atom. The molecule has 0 radical (unpaired) electrons. The van der Waals surface area contributed by atoms with Crippen molar-refractivity contribution in [3.05, 3.63) is 29.8 Å². The van der Waals surface area contributed by atoms with Crippen LogP contribution in [0.5, 0.6) is 5.75 Å². The molecule has 1 aromatic carbocycles. The Morgan fingerprint density at radius 1 is 1.47 bits per heavy atom. The molecule has 2 N–H and O–H groups in total. The van der Waals surface area contributed by atoms with Crippen LogP contribution in [-0.4, -0.2) is 24.8 Å². The van der Waals surface area contributed by atoms with E-state index in [4.69, 9.17) is 4.74 Å². The zero-order valence-electron chi connectivity index (χ0n) is 12.1. The second-order valence-electron chi connectivity index (χ2n) is 6.30. The number of hydrogen-bond acceptors (Lipinski definition) is 3. The third-order valence-corrected chi connectivity index (χ3v) is 4.05. The van der Waals surface area contributed by atoms with E-state index in [-0.39, 0.29) is 0 Å². The van der Waals surface area contributed by atoms with Gasteiger partial charge in [0.2, 0.25) is 0 Å². The van der Waals surface area contributed by atoms with Gasteiger partial charge in [-0.05, 0) is 42.4 Å². The minimum absolute atomic E-state index is 0.443. The highest BCUT2D eigenvalue weighted by Crippen LogP contribution is 2.37. The summed E-state index contributed by atoms with van der Waals surface area (Å²) in [6.45, 7) is 5.23. The summed E-state index contributed by atoms with van der Waals surface area (Å²) in [4.78, 5) is 0. The average molecular weight is 263 g/mol. The van der Waals surface area contributed by atoms with E-state index in [1.165, 1.54) is 19.3 Å². The van der Waals surface area contributed by atoms with Crippen molar-refractivity contribution >= 4 is 0 Å². The lowest BCUT2D eigenvalue weighted by molar-refractivity contribution is 0.168. The number of nitrogens with one attached hydrogen (secondary N) is 1.